The number of benzene rings is 1. The van der Waals surface area contributed by atoms with E-state index < -0.39 is 17.1 Å². The molecule has 2 aromatic rings. The van der Waals surface area contributed by atoms with E-state index in [0.29, 0.717) is 18.1 Å². The Morgan fingerprint density at radius 3 is 2.59 bits per heavy atom. The molecule has 1 aromatic carbocycles. The van der Waals surface area contributed by atoms with Crippen LogP contribution in [-0.4, -0.2) is 46.8 Å². The molecule has 29 heavy (non-hydrogen) atoms. The highest BCUT2D eigenvalue weighted by atomic mass is 32.2. The van der Waals surface area contributed by atoms with Crippen LogP contribution < -0.4 is 4.74 Å². The predicted molar refractivity (Wildman–Crippen MR) is 111 cm³/mol. The van der Waals surface area contributed by atoms with Gasteiger partial charge in [0.25, 0.3) is 11.1 Å². The van der Waals surface area contributed by atoms with Crippen molar-refractivity contribution in [2.75, 3.05) is 20.3 Å². The van der Waals surface area contributed by atoms with Crippen LogP contribution in [0.5, 0.6) is 5.75 Å². The summed E-state index contributed by atoms with van der Waals surface area (Å²) in [7, 11) is 1.22. The van der Waals surface area contributed by atoms with Crippen molar-refractivity contribution in [1.82, 2.24) is 9.47 Å². The third-order valence-electron chi connectivity index (χ3n) is 4.61. The lowest BCUT2D eigenvalue weighted by Crippen LogP contribution is -2.34. The Kier molecular flexibility index (Phi) is 6.43. The van der Waals surface area contributed by atoms with Gasteiger partial charge in [-0.3, -0.25) is 19.3 Å². The molecule has 0 aliphatic carbocycles. The van der Waals surface area contributed by atoms with Crippen molar-refractivity contribution in [2.24, 2.45) is 0 Å². The van der Waals surface area contributed by atoms with E-state index in [0.717, 1.165) is 39.4 Å². The number of carbonyl (C=O) groups is 3. The number of aryl methyl sites for hydroxylation is 1. The number of aromatic nitrogens is 1. The third kappa shape index (κ3) is 4.71. The minimum absolute atomic E-state index is 0.291. The Balaban J connectivity index is 1.71. The number of methoxy groups -OCH3 is 1. The lowest BCUT2D eigenvalue weighted by molar-refractivity contribution is -0.143. The van der Waals surface area contributed by atoms with Crippen LogP contribution in [0, 0.1) is 13.8 Å². The fourth-order valence-corrected chi connectivity index (χ4v) is 3.89. The summed E-state index contributed by atoms with van der Waals surface area (Å²) < 4.78 is 12.4. The number of hydrogen-bond acceptors (Lipinski definition) is 6. The van der Waals surface area contributed by atoms with Crippen LogP contribution in [0.1, 0.15) is 17.0 Å². The van der Waals surface area contributed by atoms with Gasteiger partial charge in [0, 0.05) is 11.4 Å². The highest BCUT2D eigenvalue weighted by Crippen LogP contribution is 2.33. The van der Waals surface area contributed by atoms with Gasteiger partial charge in [-0.25, -0.2) is 0 Å². The fourth-order valence-electron chi connectivity index (χ4n) is 3.06. The third-order valence-corrected chi connectivity index (χ3v) is 5.52. The first kappa shape index (κ1) is 20.7. The van der Waals surface area contributed by atoms with Crippen LogP contribution in [0.3, 0.4) is 0 Å². The summed E-state index contributed by atoms with van der Waals surface area (Å²) >= 11 is 0.825. The second kappa shape index (κ2) is 9.00. The Morgan fingerprint density at radius 2 is 1.90 bits per heavy atom. The van der Waals surface area contributed by atoms with E-state index in [1.54, 1.807) is 6.08 Å². The predicted octanol–water partition coefficient (Wildman–Crippen LogP) is 3.39. The van der Waals surface area contributed by atoms with Crippen LogP contribution in [0.15, 0.2) is 41.3 Å². The van der Waals surface area contributed by atoms with Gasteiger partial charge >= 0.3 is 5.97 Å². The minimum atomic E-state index is -0.634. The van der Waals surface area contributed by atoms with Crippen LogP contribution >= 0.6 is 11.8 Å². The molecule has 2 heterocycles. The number of ether oxygens (including phenoxy) is 2. The molecular weight excluding hydrogens is 392 g/mol. The van der Waals surface area contributed by atoms with Gasteiger partial charge in [-0.15, -0.1) is 0 Å². The van der Waals surface area contributed by atoms with E-state index in [4.69, 9.17) is 4.74 Å². The number of imide groups is 1. The van der Waals surface area contributed by atoms with Crippen LogP contribution in [-0.2, 0) is 20.9 Å². The molecule has 0 saturated carbocycles. The SMILES string of the molecule is COC(=O)CN1C(=O)S/C(=C\c2cc(C)n(CCOc3ccccc3)c2C)C1=O. The van der Waals surface area contributed by atoms with Gasteiger partial charge < -0.3 is 14.0 Å². The van der Waals surface area contributed by atoms with E-state index >= 15 is 0 Å². The van der Waals surface area contributed by atoms with Crippen LogP contribution in [0.4, 0.5) is 4.79 Å². The van der Waals surface area contributed by atoms with Gasteiger partial charge in [0.05, 0.1) is 18.6 Å². The number of carbonyl (C=O) groups excluding carboxylic acids is 3. The number of hydrogen-bond donors (Lipinski definition) is 0. The van der Waals surface area contributed by atoms with Crippen molar-refractivity contribution in [3.05, 3.63) is 58.3 Å². The molecule has 0 spiro atoms. The van der Waals surface area contributed by atoms with E-state index in [-0.39, 0.29) is 6.54 Å². The van der Waals surface area contributed by atoms with Gasteiger partial charge in [0.2, 0.25) is 0 Å². The first-order valence-corrected chi connectivity index (χ1v) is 9.89. The highest BCUT2D eigenvalue weighted by Gasteiger charge is 2.36. The van der Waals surface area contributed by atoms with Crippen molar-refractivity contribution in [3.8, 4) is 5.75 Å². The van der Waals surface area contributed by atoms with Gasteiger partial charge in [-0.05, 0) is 55.4 Å². The molecule has 1 aromatic heterocycles. The average molecular weight is 414 g/mol. The highest BCUT2D eigenvalue weighted by molar-refractivity contribution is 8.18. The van der Waals surface area contributed by atoms with E-state index in [9.17, 15) is 14.4 Å². The van der Waals surface area contributed by atoms with Crippen molar-refractivity contribution in [3.63, 3.8) is 0 Å². The molecule has 0 radical (unpaired) electrons. The number of rotatable bonds is 7. The quantitative estimate of drug-likeness (QED) is 0.511. The van der Waals surface area contributed by atoms with E-state index in [2.05, 4.69) is 9.30 Å². The molecule has 0 bridgehead atoms. The number of para-hydroxylation sites is 1. The number of amides is 2. The summed E-state index contributed by atoms with van der Waals surface area (Å²) in [5.41, 5.74) is 2.85. The number of nitrogens with zero attached hydrogens (tertiary/aromatic N) is 2. The topological polar surface area (TPSA) is 77.8 Å². The van der Waals surface area contributed by atoms with Crippen molar-refractivity contribution < 1.29 is 23.9 Å². The van der Waals surface area contributed by atoms with Crippen molar-refractivity contribution >= 4 is 35.0 Å². The largest absolute Gasteiger partial charge is 0.492 e. The molecule has 2 amide bonds. The summed E-state index contributed by atoms with van der Waals surface area (Å²) in [5, 5.41) is -0.475. The summed E-state index contributed by atoms with van der Waals surface area (Å²) in [5.74, 6) is -0.303. The lowest BCUT2D eigenvalue weighted by atomic mass is 10.2. The Hall–Kier alpha value is -3.00. The molecular formula is C21H22N2O5S. The zero-order valence-corrected chi connectivity index (χ0v) is 17.3. The minimum Gasteiger partial charge on any atom is -0.492 e. The molecule has 0 N–H and O–H groups in total. The molecule has 1 aliphatic heterocycles. The second-order valence-electron chi connectivity index (χ2n) is 6.48. The molecule has 7 nitrogen and oxygen atoms in total. The van der Waals surface area contributed by atoms with Gasteiger partial charge in [0.1, 0.15) is 18.9 Å². The molecule has 1 saturated heterocycles. The molecule has 0 unspecified atom stereocenters. The van der Waals surface area contributed by atoms with Gasteiger partial charge in [-0.1, -0.05) is 18.2 Å². The zero-order valence-electron chi connectivity index (χ0n) is 16.5. The molecule has 152 valence electrons. The maximum atomic E-state index is 12.5. The summed E-state index contributed by atoms with van der Waals surface area (Å²) in [4.78, 5) is 37.2. The monoisotopic (exact) mass is 414 g/mol. The first-order valence-electron chi connectivity index (χ1n) is 9.07. The van der Waals surface area contributed by atoms with E-state index in [1.165, 1.54) is 7.11 Å². The maximum Gasteiger partial charge on any atom is 0.325 e. The van der Waals surface area contributed by atoms with E-state index in [1.807, 2.05) is 50.2 Å². The van der Waals surface area contributed by atoms with Crippen molar-refractivity contribution in [1.29, 1.82) is 0 Å². The molecule has 1 aliphatic rings. The number of esters is 1. The first-order chi connectivity index (χ1) is 13.9. The van der Waals surface area contributed by atoms with Crippen molar-refractivity contribution in [2.45, 2.75) is 20.4 Å². The lowest BCUT2D eigenvalue weighted by Gasteiger charge is -2.11. The van der Waals surface area contributed by atoms with Gasteiger partial charge in [0.15, 0.2) is 0 Å². The summed E-state index contributed by atoms with van der Waals surface area (Å²) in [6.07, 6.45) is 1.69. The molecule has 0 atom stereocenters. The van der Waals surface area contributed by atoms with Gasteiger partial charge in [-0.2, -0.15) is 0 Å². The smallest absolute Gasteiger partial charge is 0.325 e. The standard InChI is InChI=1S/C21H22N2O5S/c1-14-11-16(12-18-20(25)23(21(26)29-18)13-19(24)27-3)15(2)22(14)9-10-28-17-7-5-4-6-8-17/h4-8,11-12H,9-10,13H2,1-3H3/b18-12-. The second-order valence-corrected chi connectivity index (χ2v) is 7.48. The summed E-state index contributed by atoms with van der Waals surface area (Å²) in [6.45, 7) is 4.73. The number of thioether (sulfide) groups is 1. The normalized spacial score (nSPS) is 15.3. The van der Waals surface area contributed by atoms with Crippen LogP contribution in [0.2, 0.25) is 0 Å². The zero-order chi connectivity index (χ0) is 21.0. The Bertz CT molecular complexity index is 965. The molecule has 8 heteroatoms. The Morgan fingerprint density at radius 1 is 1.17 bits per heavy atom. The summed E-state index contributed by atoms with van der Waals surface area (Å²) in [6, 6.07) is 11.6. The molecule has 1 fully saturated rings. The average Bonchev–Trinajstić information content (AvgIpc) is 3.13. The molecule has 3 rings (SSSR count). The van der Waals surface area contributed by atoms with Crippen LogP contribution in [0.25, 0.3) is 6.08 Å². The Labute approximate surface area is 173 Å². The maximum absolute atomic E-state index is 12.5. The fraction of sp³-hybridized carbons (Fsp3) is 0.286.